The van der Waals surface area contributed by atoms with Crippen LogP contribution >= 0.6 is 0 Å². The number of rotatable bonds is 4. The summed E-state index contributed by atoms with van der Waals surface area (Å²) >= 11 is 0. The van der Waals surface area contributed by atoms with Crippen LogP contribution in [0.5, 0.6) is 0 Å². The quantitative estimate of drug-likeness (QED) is 0.716. The summed E-state index contributed by atoms with van der Waals surface area (Å²) in [5.74, 6) is 0.463. The van der Waals surface area contributed by atoms with Crippen molar-refractivity contribution in [1.82, 2.24) is 14.5 Å². The summed E-state index contributed by atoms with van der Waals surface area (Å²) in [6.45, 7) is 5.57. The summed E-state index contributed by atoms with van der Waals surface area (Å²) in [5, 5.41) is 9.50. The van der Waals surface area contributed by atoms with Crippen LogP contribution in [0.2, 0.25) is 0 Å². The molecule has 3 N–H and O–H groups in total. The number of nitrogens with two attached hydrogens (primary N) is 1. The zero-order valence-electron chi connectivity index (χ0n) is 14.0. The number of ether oxygens (including phenoxy) is 1. The van der Waals surface area contributed by atoms with Gasteiger partial charge in [0.05, 0.1) is 30.8 Å². The van der Waals surface area contributed by atoms with E-state index in [1.54, 1.807) is 4.90 Å². The molecule has 1 saturated heterocycles. The Bertz CT molecular complexity index is 951. The van der Waals surface area contributed by atoms with E-state index in [1.165, 1.54) is 0 Å². The third-order valence-corrected chi connectivity index (χ3v) is 4.82. The van der Waals surface area contributed by atoms with Gasteiger partial charge in [0, 0.05) is 13.0 Å². The molecule has 3 heterocycles. The first-order chi connectivity index (χ1) is 12.3. The molecule has 128 valence electrons. The van der Waals surface area contributed by atoms with Crippen molar-refractivity contribution in [2.24, 2.45) is 0 Å². The molecule has 2 aromatic heterocycles. The Kier molecular flexibility index (Phi) is 4.22. The number of morpholine rings is 1. The van der Waals surface area contributed by atoms with Crippen molar-refractivity contribution in [2.45, 2.75) is 13.0 Å². The number of nitrogens with zero attached hydrogens (tertiary/aromatic N) is 4. The van der Waals surface area contributed by atoms with Crippen LogP contribution in [0.25, 0.3) is 22.2 Å². The molecule has 4 rings (SSSR count). The molecule has 1 aliphatic heterocycles. The highest BCUT2D eigenvalue weighted by atomic mass is 16.5. The number of nitrogen functional groups attached to an aromatic ring is 1. The van der Waals surface area contributed by atoms with Gasteiger partial charge in [0.1, 0.15) is 36.1 Å². The van der Waals surface area contributed by atoms with E-state index in [0.29, 0.717) is 22.5 Å². The maximum absolute atomic E-state index is 9.50. The molecule has 7 nitrogen and oxygen atoms in total. The van der Waals surface area contributed by atoms with Gasteiger partial charge in [-0.25, -0.2) is 9.97 Å². The average molecular weight is 337 g/mol. The Hall–Kier alpha value is -2.69. The molecule has 0 unspecified atom stereocenters. The maximum atomic E-state index is 9.50. The molecule has 0 saturated carbocycles. The third kappa shape index (κ3) is 2.90. The molecule has 1 aliphatic rings. The predicted octanol–water partition coefficient (Wildman–Crippen LogP) is 0.344. The minimum Gasteiger partial charge on any atom is -0.384 e. The molecule has 0 atom stereocenters. The second kappa shape index (κ2) is 6.67. The molecule has 1 aromatic carbocycles. The van der Waals surface area contributed by atoms with Crippen molar-refractivity contribution in [2.75, 3.05) is 38.6 Å². The second-order valence-electron chi connectivity index (χ2n) is 6.37. The van der Waals surface area contributed by atoms with E-state index in [2.05, 4.69) is 11.1 Å². The van der Waals surface area contributed by atoms with Crippen molar-refractivity contribution in [3.05, 3.63) is 29.8 Å². The number of hydrogen-bond donors (Lipinski definition) is 2. The minimum absolute atomic E-state index is 0.423. The number of anilines is 1. The molecule has 0 aliphatic carbocycles. The SMILES string of the molecule is N#Cc1c(N)n(CCC[NH+]2CCOCC2)c2nc3ccccc3nc12. The summed E-state index contributed by atoms with van der Waals surface area (Å²) in [5.41, 5.74) is 9.55. The number of benzene rings is 1. The number of para-hydroxylation sites is 2. The Morgan fingerprint density at radius 1 is 1.20 bits per heavy atom. The standard InChI is InChI=1S/C18H20N6O/c19-12-13-16-18(22-15-5-2-1-4-14(15)21-16)24(17(13)20)7-3-6-23-8-10-25-11-9-23/h1-2,4-5H,3,6-11,20H2/p+1. The van der Waals surface area contributed by atoms with Crippen LogP contribution in [-0.2, 0) is 11.3 Å². The lowest BCUT2D eigenvalue weighted by Gasteiger charge is -2.23. The Morgan fingerprint density at radius 3 is 2.64 bits per heavy atom. The molecular weight excluding hydrogens is 316 g/mol. The average Bonchev–Trinajstić information content (AvgIpc) is 2.91. The van der Waals surface area contributed by atoms with Crippen molar-refractivity contribution < 1.29 is 9.64 Å². The van der Waals surface area contributed by atoms with Crippen molar-refractivity contribution in [3.8, 4) is 6.07 Å². The molecule has 25 heavy (non-hydrogen) atoms. The molecular formula is C18H21N6O+. The number of aryl methyl sites for hydroxylation is 1. The fourth-order valence-electron chi connectivity index (χ4n) is 3.45. The van der Waals surface area contributed by atoms with Crippen LogP contribution < -0.4 is 10.6 Å². The Morgan fingerprint density at radius 2 is 1.92 bits per heavy atom. The number of hydrogen-bond acceptors (Lipinski definition) is 5. The minimum atomic E-state index is 0.423. The summed E-state index contributed by atoms with van der Waals surface area (Å²) < 4.78 is 7.34. The molecule has 0 spiro atoms. The number of nitriles is 1. The fraction of sp³-hybridized carbons (Fsp3) is 0.389. The van der Waals surface area contributed by atoms with E-state index in [1.807, 2.05) is 28.8 Å². The van der Waals surface area contributed by atoms with Crippen LogP contribution in [0, 0.1) is 11.3 Å². The molecule has 0 amide bonds. The van der Waals surface area contributed by atoms with E-state index in [-0.39, 0.29) is 0 Å². The van der Waals surface area contributed by atoms with Gasteiger partial charge >= 0.3 is 0 Å². The van der Waals surface area contributed by atoms with E-state index < -0.39 is 0 Å². The van der Waals surface area contributed by atoms with Gasteiger partial charge < -0.3 is 19.9 Å². The highest BCUT2D eigenvalue weighted by Gasteiger charge is 2.19. The van der Waals surface area contributed by atoms with Crippen LogP contribution in [-0.4, -0.2) is 47.4 Å². The van der Waals surface area contributed by atoms with Gasteiger partial charge in [-0.3, -0.25) is 0 Å². The van der Waals surface area contributed by atoms with Gasteiger partial charge in [-0.05, 0) is 12.1 Å². The highest BCUT2D eigenvalue weighted by molar-refractivity contribution is 5.92. The lowest BCUT2D eigenvalue weighted by Crippen LogP contribution is -3.14. The largest absolute Gasteiger partial charge is 0.384 e. The number of aromatic nitrogens is 3. The molecule has 3 aromatic rings. The molecule has 7 heteroatoms. The highest BCUT2D eigenvalue weighted by Crippen LogP contribution is 2.27. The topological polar surface area (TPSA) is 94.2 Å². The van der Waals surface area contributed by atoms with Gasteiger partial charge in [0.25, 0.3) is 0 Å². The zero-order valence-corrected chi connectivity index (χ0v) is 14.0. The van der Waals surface area contributed by atoms with E-state index >= 15 is 0 Å². The van der Waals surface area contributed by atoms with Gasteiger partial charge in [-0.2, -0.15) is 5.26 Å². The molecule has 0 bridgehead atoms. The van der Waals surface area contributed by atoms with Crippen molar-refractivity contribution in [1.29, 1.82) is 5.26 Å². The lowest BCUT2D eigenvalue weighted by atomic mass is 10.2. The number of fused-ring (bicyclic) bond motifs is 2. The molecule has 0 radical (unpaired) electrons. The summed E-state index contributed by atoms with van der Waals surface area (Å²) in [6, 6.07) is 9.88. The van der Waals surface area contributed by atoms with Crippen LogP contribution in [0.1, 0.15) is 12.0 Å². The monoisotopic (exact) mass is 337 g/mol. The van der Waals surface area contributed by atoms with Crippen LogP contribution in [0.15, 0.2) is 24.3 Å². The van der Waals surface area contributed by atoms with E-state index in [9.17, 15) is 5.26 Å². The first-order valence-electron chi connectivity index (χ1n) is 8.64. The van der Waals surface area contributed by atoms with Gasteiger partial charge in [-0.1, -0.05) is 12.1 Å². The predicted molar refractivity (Wildman–Crippen MR) is 95.2 cm³/mol. The summed E-state index contributed by atoms with van der Waals surface area (Å²) in [7, 11) is 0. The fourth-order valence-corrected chi connectivity index (χ4v) is 3.45. The van der Waals surface area contributed by atoms with E-state index in [4.69, 9.17) is 15.5 Å². The number of nitrogens with one attached hydrogen (secondary N) is 1. The third-order valence-electron chi connectivity index (χ3n) is 4.82. The van der Waals surface area contributed by atoms with Gasteiger partial charge in [0.2, 0.25) is 0 Å². The Labute approximate surface area is 145 Å². The van der Waals surface area contributed by atoms with Crippen LogP contribution in [0.3, 0.4) is 0 Å². The lowest BCUT2D eigenvalue weighted by molar-refractivity contribution is -0.908. The zero-order chi connectivity index (χ0) is 17.2. The van der Waals surface area contributed by atoms with E-state index in [0.717, 1.165) is 56.8 Å². The first kappa shape index (κ1) is 15.8. The second-order valence-corrected chi connectivity index (χ2v) is 6.37. The smallest absolute Gasteiger partial charge is 0.162 e. The van der Waals surface area contributed by atoms with Crippen molar-refractivity contribution in [3.63, 3.8) is 0 Å². The molecule has 1 fully saturated rings. The van der Waals surface area contributed by atoms with Gasteiger partial charge in [-0.15, -0.1) is 0 Å². The summed E-state index contributed by atoms with van der Waals surface area (Å²) in [4.78, 5) is 10.9. The normalized spacial score (nSPS) is 15.6. The maximum Gasteiger partial charge on any atom is 0.162 e. The number of quaternary nitrogens is 1. The Balaban J connectivity index is 1.66. The van der Waals surface area contributed by atoms with Crippen LogP contribution in [0.4, 0.5) is 5.82 Å². The van der Waals surface area contributed by atoms with Gasteiger partial charge in [0.15, 0.2) is 5.65 Å². The van der Waals surface area contributed by atoms with Crippen molar-refractivity contribution >= 4 is 28.0 Å². The first-order valence-corrected chi connectivity index (χ1v) is 8.64. The summed E-state index contributed by atoms with van der Waals surface area (Å²) in [6.07, 6.45) is 0.975.